The van der Waals surface area contributed by atoms with E-state index in [-0.39, 0.29) is 77.8 Å². The number of aryl methyl sites for hydroxylation is 9. The average molecular weight is 1880 g/mol. The standard InChI is InChI=1S/C27H35NO5.C26H34N2O6.C26H33NO7.C26H33NO6S/c1-2-21-8-7-9-22(18-21)12-13-23-10-3-4-11-25(23)32-20-24(19-28-16-5-6-17-28)33-27(31)15-14-26(29)30;1-32-22-7-4-5-20(17-22)9-10-21-6-2-3-8-24(21)33-19-23(18-28-15-13-27-14-16-28)34-26(31)12-11-25(29)30;1-31-22-7-4-5-20(17-22)9-10-21-6-2-3-8-24(21)33-19-23(18-27-13-15-32-16-14-27)34-26(30)12-11-25(28)29;1-31-22-7-4-5-20(17-22)9-10-21-6-2-3-8-24(21)32-19-23(18-27-13-15-34-16-14-27)33-26(30)12-11-25(28)29/h3-4,7-11,18,24H,2,5-6,12-17,19-20H2,1H3,(H,29,30);2-8,17,23,27H,9-16,18-19H2,1H3,(H,29,30);2*2-8,17,23H,9-16,18-19H2,1H3,(H,28,29). The predicted molar refractivity (Wildman–Crippen MR) is 515 cm³/mol. The predicted octanol–water partition coefficient (Wildman–Crippen LogP) is 13.5. The first-order chi connectivity index (χ1) is 65.6. The van der Waals surface area contributed by atoms with Crippen LogP contribution in [0, 0.1) is 0 Å². The Balaban J connectivity index is 0.000000202. The molecule has 29 nitrogen and oxygen atoms in total. The summed E-state index contributed by atoms with van der Waals surface area (Å²) in [6.07, 6.45) is 6.58. The van der Waals surface area contributed by atoms with Crippen molar-refractivity contribution in [1.29, 1.82) is 0 Å². The highest BCUT2D eigenvalue weighted by atomic mass is 32.2. The number of para-hydroxylation sites is 4. The van der Waals surface area contributed by atoms with Gasteiger partial charge in [-0.15, -0.1) is 0 Å². The molecule has 4 aliphatic rings. The average Bonchev–Trinajstić information content (AvgIpc) is 1.11. The van der Waals surface area contributed by atoms with Crippen molar-refractivity contribution < 1.29 is 116 Å². The second-order valence-corrected chi connectivity index (χ2v) is 34.5. The number of carbonyl (C=O) groups excluding carboxylic acids is 4. The summed E-state index contributed by atoms with van der Waals surface area (Å²) in [6, 6.07) is 64.3. The molecule has 0 radical (unpaired) electrons. The van der Waals surface area contributed by atoms with Crippen LogP contribution in [0.3, 0.4) is 0 Å². The van der Waals surface area contributed by atoms with E-state index in [1.165, 1.54) is 27.8 Å². The summed E-state index contributed by atoms with van der Waals surface area (Å²) in [6.45, 7) is 15.3. The molecule has 4 heterocycles. The molecule has 4 unspecified atom stereocenters. The number of nitrogens with zero attached hydrogens (tertiary/aromatic N) is 4. The Bertz CT molecular complexity index is 4540. The third-order valence-corrected chi connectivity index (χ3v) is 23.9. The molecule has 4 fully saturated rings. The van der Waals surface area contributed by atoms with Crippen molar-refractivity contribution in [3.8, 4) is 40.2 Å². The highest BCUT2D eigenvalue weighted by Crippen LogP contribution is 2.29. The lowest BCUT2D eigenvalue weighted by Crippen LogP contribution is -2.48. The number of esters is 4. The number of likely N-dealkylation sites (tertiary alicyclic amines) is 1. The van der Waals surface area contributed by atoms with Crippen LogP contribution in [-0.4, -0.2) is 276 Å². The van der Waals surface area contributed by atoms with Gasteiger partial charge >= 0.3 is 47.8 Å². The summed E-state index contributed by atoms with van der Waals surface area (Å²) in [5, 5.41) is 38.7. The summed E-state index contributed by atoms with van der Waals surface area (Å²) in [4.78, 5) is 101. The summed E-state index contributed by atoms with van der Waals surface area (Å²) >= 11 is 1.92. The van der Waals surface area contributed by atoms with Gasteiger partial charge in [-0.2, -0.15) is 11.8 Å². The number of nitrogens with one attached hydrogen (secondary N) is 1. The molecule has 8 aromatic rings. The number of ether oxygens (including phenoxy) is 12. The molecular weight excluding hydrogens is 1750 g/mol. The number of rotatable bonds is 52. The van der Waals surface area contributed by atoms with Crippen LogP contribution >= 0.6 is 11.8 Å². The van der Waals surface area contributed by atoms with Crippen LogP contribution in [0.1, 0.15) is 121 Å². The smallest absolute Gasteiger partial charge is 0.306 e. The monoisotopic (exact) mass is 1880 g/mol. The van der Waals surface area contributed by atoms with E-state index in [9.17, 15) is 38.4 Å². The molecule has 12 rings (SSSR count). The number of benzene rings is 8. The molecule has 0 amide bonds. The summed E-state index contributed by atoms with van der Waals surface area (Å²) < 4.78 is 68.4. The van der Waals surface area contributed by atoms with E-state index in [1.807, 2.05) is 157 Å². The van der Waals surface area contributed by atoms with Crippen LogP contribution in [0.2, 0.25) is 0 Å². The summed E-state index contributed by atoms with van der Waals surface area (Å²) in [7, 11) is 4.98. The normalized spacial score (nSPS) is 14.8. The molecule has 4 saturated heterocycles. The van der Waals surface area contributed by atoms with E-state index in [4.69, 9.17) is 77.3 Å². The third kappa shape index (κ3) is 42.8. The molecule has 30 heteroatoms. The fourth-order valence-electron chi connectivity index (χ4n) is 15.6. The van der Waals surface area contributed by atoms with Crippen molar-refractivity contribution in [3.05, 3.63) is 244 Å². The quantitative estimate of drug-likeness (QED) is 0.0175. The lowest BCUT2D eigenvalue weighted by atomic mass is 10.0. The number of morpholine rings is 1. The number of carbonyl (C=O) groups is 8. The second-order valence-electron chi connectivity index (χ2n) is 33.3. The maximum Gasteiger partial charge on any atom is 0.306 e. The molecule has 0 aliphatic carbocycles. The number of thioether (sulfide) groups is 1. The van der Waals surface area contributed by atoms with Crippen molar-refractivity contribution >= 4 is 59.5 Å². The van der Waals surface area contributed by atoms with Gasteiger partial charge in [-0.1, -0.05) is 140 Å². The van der Waals surface area contributed by atoms with Crippen molar-refractivity contribution in [3.63, 3.8) is 0 Å². The Hall–Kier alpha value is -11.8. The number of piperazine rings is 1. The van der Waals surface area contributed by atoms with Crippen LogP contribution in [-0.2, 0) is 120 Å². The molecule has 0 spiro atoms. The zero-order valence-corrected chi connectivity index (χ0v) is 79.2. The maximum absolute atomic E-state index is 12.2. The van der Waals surface area contributed by atoms with Gasteiger partial charge in [0.25, 0.3) is 0 Å². The first kappa shape index (κ1) is 107. The lowest BCUT2D eigenvalue weighted by Gasteiger charge is -2.30. The Morgan fingerprint density at radius 2 is 0.615 bits per heavy atom. The molecule has 0 saturated carbocycles. The largest absolute Gasteiger partial charge is 0.497 e. The van der Waals surface area contributed by atoms with Gasteiger partial charge < -0.3 is 82.6 Å². The van der Waals surface area contributed by atoms with Gasteiger partial charge in [0.1, 0.15) is 91.1 Å². The van der Waals surface area contributed by atoms with Crippen LogP contribution < -0.4 is 38.5 Å². The Morgan fingerprint density at radius 3 is 0.926 bits per heavy atom. The van der Waals surface area contributed by atoms with Gasteiger partial charge in [0.2, 0.25) is 0 Å². The third-order valence-electron chi connectivity index (χ3n) is 23.0. The van der Waals surface area contributed by atoms with E-state index in [1.54, 1.807) is 21.3 Å². The SMILES string of the molecule is CCc1cccc(CCc2ccccc2OCC(CN2CCCC2)OC(=O)CCC(=O)O)c1.COc1cccc(CCc2ccccc2OCC(CN2CCNCC2)OC(=O)CCC(=O)O)c1.COc1cccc(CCc2ccccc2OCC(CN2CCOCC2)OC(=O)CCC(=O)O)c1.COc1cccc(CCc2ccccc2OCC(CN2CCSCC2)OC(=O)CCC(=O)O)c1. The first-order valence-corrected chi connectivity index (χ1v) is 48.0. The number of carboxylic acid groups (broad SMARTS) is 4. The molecule has 4 aliphatic heterocycles. The minimum Gasteiger partial charge on any atom is -0.497 e. The van der Waals surface area contributed by atoms with Gasteiger partial charge in [-0.05, 0) is 194 Å². The molecule has 0 aromatic heterocycles. The second kappa shape index (κ2) is 61.3. The highest BCUT2D eigenvalue weighted by Gasteiger charge is 2.28. The van der Waals surface area contributed by atoms with Gasteiger partial charge in [0, 0.05) is 90.0 Å². The number of carboxylic acids is 4. The highest BCUT2D eigenvalue weighted by molar-refractivity contribution is 7.99. The van der Waals surface area contributed by atoms with Gasteiger partial charge in [-0.25, -0.2) is 0 Å². The molecule has 8 aromatic carbocycles. The van der Waals surface area contributed by atoms with Crippen molar-refractivity contribution in [2.45, 2.75) is 153 Å². The minimum absolute atomic E-state index is 0.126. The number of hydrogen-bond acceptors (Lipinski definition) is 26. The number of aliphatic carboxylic acids is 4. The zero-order valence-electron chi connectivity index (χ0n) is 78.4. The van der Waals surface area contributed by atoms with E-state index < -0.39 is 72.2 Å². The summed E-state index contributed by atoms with van der Waals surface area (Å²) in [5.41, 5.74) is 10.5. The van der Waals surface area contributed by atoms with Crippen molar-refractivity contribution in [2.24, 2.45) is 0 Å². The topological polar surface area (TPSA) is 353 Å². The fourth-order valence-corrected chi connectivity index (χ4v) is 16.6. The molecule has 5 N–H and O–H groups in total. The number of hydrogen-bond donors (Lipinski definition) is 5. The molecule has 135 heavy (non-hydrogen) atoms. The Morgan fingerprint density at radius 1 is 0.333 bits per heavy atom. The van der Waals surface area contributed by atoms with Gasteiger partial charge in [-0.3, -0.25) is 58.0 Å². The molecule has 4 atom stereocenters. The zero-order chi connectivity index (χ0) is 96.0. The van der Waals surface area contributed by atoms with Crippen LogP contribution in [0.15, 0.2) is 194 Å². The van der Waals surface area contributed by atoms with Crippen molar-refractivity contribution in [2.75, 3.05) is 164 Å². The minimum atomic E-state index is -1.03. The Kier molecular flexibility index (Phi) is 48.5. The van der Waals surface area contributed by atoms with Crippen LogP contribution in [0.4, 0.5) is 0 Å². The van der Waals surface area contributed by atoms with Crippen LogP contribution in [0.5, 0.6) is 40.2 Å². The maximum atomic E-state index is 12.2. The van der Waals surface area contributed by atoms with Crippen molar-refractivity contribution in [1.82, 2.24) is 24.9 Å². The van der Waals surface area contributed by atoms with Crippen LogP contribution in [0.25, 0.3) is 0 Å². The Labute approximate surface area is 797 Å². The fraction of sp³-hybridized carbons (Fsp3) is 0.467. The van der Waals surface area contributed by atoms with E-state index in [2.05, 4.69) is 80.4 Å². The van der Waals surface area contributed by atoms with Gasteiger partial charge in [0.15, 0.2) is 0 Å². The number of methoxy groups -OCH3 is 3. The van der Waals surface area contributed by atoms with E-state index >= 15 is 0 Å². The molecule has 0 bridgehead atoms. The molecular formula is C105H135N5O24S. The van der Waals surface area contributed by atoms with E-state index in [0.717, 1.165) is 210 Å². The summed E-state index contributed by atoms with van der Waals surface area (Å²) in [5.74, 6) is 1.59. The van der Waals surface area contributed by atoms with Gasteiger partial charge in [0.05, 0.1) is 85.9 Å². The van der Waals surface area contributed by atoms with E-state index in [0.29, 0.717) is 39.4 Å². The first-order valence-electron chi connectivity index (χ1n) is 46.8. The molecule has 730 valence electrons. The lowest BCUT2D eigenvalue weighted by molar-refractivity contribution is -0.154.